The summed E-state index contributed by atoms with van der Waals surface area (Å²) < 4.78 is 10.5. The molecule has 1 N–H and O–H groups in total. The van der Waals surface area contributed by atoms with Gasteiger partial charge in [-0.25, -0.2) is 4.79 Å². The Balaban J connectivity index is 1.94. The predicted octanol–water partition coefficient (Wildman–Crippen LogP) is 3.25. The highest BCUT2D eigenvalue weighted by Crippen LogP contribution is 2.20. The Hall–Kier alpha value is -2.07. The van der Waals surface area contributed by atoms with E-state index in [1.54, 1.807) is 12.1 Å². The van der Waals surface area contributed by atoms with Crippen LogP contribution in [0.1, 0.15) is 43.0 Å². The Morgan fingerprint density at radius 2 is 2.00 bits per heavy atom. The minimum Gasteiger partial charge on any atom is -0.463 e. The third kappa shape index (κ3) is 4.46. The molecule has 0 aliphatic heterocycles. The lowest BCUT2D eigenvalue weighted by Crippen LogP contribution is -2.15. The maximum atomic E-state index is 11.7. The molecule has 0 saturated carbocycles. The van der Waals surface area contributed by atoms with E-state index < -0.39 is 12.1 Å². The summed E-state index contributed by atoms with van der Waals surface area (Å²) in [5, 5.41) is 9.90. The SMILES string of the molecule is CCCCOC(=O)[C@@H](O)c1ccc(Cc2ccccc2)o1. The molecule has 0 fully saturated rings. The Labute approximate surface area is 124 Å². The largest absolute Gasteiger partial charge is 0.463 e. The van der Waals surface area contributed by atoms with Gasteiger partial charge in [-0.15, -0.1) is 0 Å². The summed E-state index contributed by atoms with van der Waals surface area (Å²) >= 11 is 0. The van der Waals surface area contributed by atoms with Crippen LogP contribution in [0.25, 0.3) is 0 Å². The number of unbranched alkanes of at least 4 members (excludes halogenated alkanes) is 1. The molecule has 0 aliphatic carbocycles. The molecule has 0 bridgehead atoms. The maximum Gasteiger partial charge on any atom is 0.342 e. The summed E-state index contributed by atoms with van der Waals surface area (Å²) in [6.45, 7) is 2.33. The molecule has 1 aromatic carbocycles. The third-order valence-electron chi connectivity index (χ3n) is 3.14. The number of hydrogen-bond donors (Lipinski definition) is 1. The number of aliphatic hydroxyl groups excluding tert-OH is 1. The van der Waals surface area contributed by atoms with E-state index in [9.17, 15) is 9.90 Å². The van der Waals surface area contributed by atoms with Crippen molar-refractivity contribution < 1.29 is 19.1 Å². The molecule has 2 rings (SSSR count). The van der Waals surface area contributed by atoms with Crippen molar-refractivity contribution in [3.8, 4) is 0 Å². The van der Waals surface area contributed by atoms with Crippen LogP contribution >= 0.6 is 0 Å². The minimum atomic E-state index is -1.36. The zero-order chi connectivity index (χ0) is 15.1. The minimum absolute atomic E-state index is 0.224. The standard InChI is InChI=1S/C17H20O4/c1-2-3-11-20-17(19)16(18)15-10-9-14(21-15)12-13-7-5-4-6-8-13/h4-10,16,18H,2-3,11-12H2,1H3/t16-/m0/s1. The highest BCUT2D eigenvalue weighted by atomic mass is 16.5. The summed E-state index contributed by atoms with van der Waals surface area (Å²) in [7, 11) is 0. The summed E-state index contributed by atoms with van der Waals surface area (Å²) in [5.74, 6) is 0.267. The van der Waals surface area contributed by atoms with E-state index >= 15 is 0 Å². The Bertz CT molecular complexity index is 559. The molecular formula is C17H20O4. The Kier molecular flexibility index (Phi) is 5.58. The number of ether oxygens (including phenoxy) is 1. The molecule has 1 atom stereocenters. The summed E-state index contributed by atoms with van der Waals surface area (Å²) in [5.41, 5.74) is 1.11. The van der Waals surface area contributed by atoms with E-state index in [-0.39, 0.29) is 5.76 Å². The predicted molar refractivity (Wildman–Crippen MR) is 78.8 cm³/mol. The zero-order valence-electron chi connectivity index (χ0n) is 12.1. The average molecular weight is 288 g/mol. The lowest BCUT2D eigenvalue weighted by atomic mass is 10.1. The quantitative estimate of drug-likeness (QED) is 0.627. The molecule has 0 amide bonds. The molecular weight excluding hydrogens is 268 g/mol. The molecule has 4 nitrogen and oxygen atoms in total. The average Bonchev–Trinajstić information content (AvgIpc) is 2.96. The van der Waals surface area contributed by atoms with Gasteiger partial charge in [-0.05, 0) is 24.1 Å². The first-order valence-corrected chi connectivity index (χ1v) is 7.18. The second-order valence-electron chi connectivity index (χ2n) is 4.89. The number of benzene rings is 1. The van der Waals surface area contributed by atoms with Gasteiger partial charge in [0.2, 0.25) is 6.10 Å². The van der Waals surface area contributed by atoms with Crippen molar-refractivity contribution in [2.45, 2.75) is 32.3 Å². The van der Waals surface area contributed by atoms with Gasteiger partial charge in [0.15, 0.2) is 0 Å². The highest BCUT2D eigenvalue weighted by Gasteiger charge is 2.22. The number of carbonyl (C=O) groups excluding carboxylic acids is 1. The van der Waals surface area contributed by atoms with Gasteiger partial charge in [-0.3, -0.25) is 0 Å². The molecule has 2 aromatic rings. The summed E-state index contributed by atoms with van der Waals surface area (Å²) in [6, 6.07) is 13.2. The van der Waals surface area contributed by atoms with Crippen molar-refractivity contribution in [3.63, 3.8) is 0 Å². The van der Waals surface area contributed by atoms with E-state index in [1.807, 2.05) is 37.3 Å². The van der Waals surface area contributed by atoms with Crippen molar-refractivity contribution in [2.75, 3.05) is 6.61 Å². The van der Waals surface area contributed by atoms with Gasteiger partial charge in [0.1, 0.15) is 11.5 Å². The van der Waals surface area contributed by atoms with E-state index in [4.69, 9.17) is 9.15 Å². The van der Waals surface area contributed by atoms with Gasteiger partial charge in [0.25, 0.3) is 0 Å². The molecule has 0 radical (unpaired) electrons. The number of carbonyl (C=O) groups is 1. The van der Waals surface area contributed by atoms with Crippen LogP contribution in [0.5, 0.6) is 0 Å². The fraction of sp³-hybridized carbons (Fsp3) is 0.353. The molecule has 21 heavy (non-hydrogen) atoms. The first kappa shape index (κ1) is 15.3. The Morgan fingerprint density at radius 3 is 2.71 bits per heavy atom. The molecule has 0 aliphatic rings. The van der Waals surface area contributed by atoms with Gasteiger partial charge in [0, 0.05) is 6.42 Å². The van der Waals surface area contributed by atoms with Crippen LogP contribution in [0.4, 0.5) is 0 Å². The van der Waals surface area contributed by atoms with E-state index in [0.717, 1.165) is 18.4 Å². The number of hydrogen-bond acceptors (Lipinski definition) is 4. The van der Waals surface area contributed by atoms with Crippen molar-refractivity contribution in [1.82, 2.24) is 0 Å². The fourth-order valence-electron chi connectivity index (χ4n) is 1.95. The van der Waals surface area contributed by atoms with Crippen LogP contribution < -0.4 is 0 Å². The van der Waals surface area contributed by atoms with Gasteiger partial charge in [-0.2, -0.15) is 0 Å². The molecule has 112 valence electrons. The monoisotopic (exact) mass is 288 g/mol. The lowest BCUT2D eigenvalue weighted by Gasteiger charge is -2.08. The van der Waals surface area contributed by atoms with Gasteiger partial charge in [0.05, 0.1) is 6.61 Å². The number of rotatable bonds is 7. The second kappa shape index (κ2) is 7.64. The molecule has 0 unspecified atom stereocenters. The molecule has 1 aromatic heterocycles. The maximum absolute atomic E-state index is 11.7. The third-order valence-corrected chi connectivity index (χ3v) is 3.14. The molecule has 0 saturated heterocycles. The van der Waals surface area contributed by atoms with Crippen molar-refractivity contribution in [2.24, 2.45) is 0 Å². The second-order valence-corrected chi connectivity index (χ2v) is 4.89. The first-order valence-electron chi connectivity index (χ1n) is 7.18. The topological polar surface area (TPSA) is 59.7 Å². The Morgan fingerprint density at radius 1 is 1.24 bits per heavy atom. The number of esters is 1. The fourth-order valence-corrected chi connectivity index (χ4v) is 1.95. The number of aliphatic hydroxyl groups is 1. The van der Waals surface area contributed by atoms with Crippen molar-refractivity contribution >= 4 is 5.97 Å². The van der Waals surface area contributed by atoms with E-state index in [0.29, 0.717) is 18.8 Å². The van der Waals surface area contributed by atoms with Gasteiger partial charge >= 0.3 is 5.97 Å². The van der Waals surface area contributed by atoms with E-state index in [1.165, 1.54) is 0 Å². The van der Waals surface area contributed by atoms with Crippen LogP contribution in [0.2, 0.25) is 0 Å². The van der Waals surface area contributed by atoms with Crippen molar-refractivity contribution in [1.29, 1.82) is 0 Å². The van der Waals surface area contributed by atoms with E-state index in [2.05, 4.69) is 0 Å². The smallest absolute Gasteiger partial charge is 0.342 e. The highest BCUT2D eigenvalue weighted by molar-refractivity contribution is 5.75. The summed E-state index contributed by atoms with van der Waals surface area (Å²) in [4.78, 5) is 11.7. The zero-order valence-corrected chi connectivity index (χ0v) is 12.1. The van der Waals surface area contributed by atoms with Crippen LogP contribution in [0, 0.1) is 0 Å². The van der Waals surface area contributed by atoms with Gasteiger partial charge < -0.3 is 14.3 Å². The van der Waals surface area contributed by atoms with Crippen LogP contribution in [0.3, 0.4) is 0 Å². The normalized spacial score (nSPS) is 12.1. The van der Waals surface area contributed by atoms with Crippen LogP contribution in [-0.4, -0.2) is 17.7 Å². The lowest BCUT2D eigenvalue weighted by molar-refractivity contribution is -0.155. The molecule has 1 heterocycles. The number of furan rings is 1. The van der Waals surface area contributed by atoms with Gasteiger partial charge in [-0.1, -0.05) is 43.7 Å². The summed E-state index contributed by atoms with van der Waals surface area (Å²) in [6.07, 6.45) is 0.992. The van der Waals surface area contributed by atoms with Crippen molar-refractivity contribution in [3.05, 3.63) is 59.5 Å². The molecule has 0 spiro atoms. The molecule has 4 heteroatoms. The van der Waals surface area contributed by atoms with Crippen LogP contribution in [-0.2, 0) is 16.0 Å². The van der Waals surface area contributed by atoms with Crippen LogP contribution in [0.15, 0.2) is 46.9 Å². The first-order chi connectivity index (χ1) is 10.2.